The van der Waals surface area contributed by atoms with E-state index in [0.717, 1.165) is 34.3 Å². The Bertz CT molecular complexity index is 1220. The van der Waals surface area contributed by atoms with E-state index in [2.05, 4.69) is 22.6 Å². The zero-order valence-electron chi connectivity index (χ0n) is 16.1. The molecular formula is C23H17F3N4. The van der Waals surface area contributed by atoms with E-state index in [9.17, 15) is 13.2 Å². The fourth-order valence-electron chi connectivity index (χ4n) is 4.94. The summed E-state index contributed by atoms with van der Waals surface area (Å²) in [7, 11) is 0. The Morgan fingerprint density at radius 2 is 1.60 bits per heavy atom. The van der Waals surface area contributed by atoms with Crippen LogP contribution >= 0.6 is 0 Å². The maximum Gasteiger partial charge on any atom is 0.434 e. The highest BCUT2D eigenvalue weighted by Gasteiger charge is 2.61. The van der Waals surface area contributed by atoms with Gasteiger partial charge in [0.15, 0.2) is 17.3 Å². The molecule has 0 spiro atoms. The van der Waals surface area contributed by atoms with Gasteiger partial charge < -0.3 is 9.80 Å². The molecular weight excluding hydrogens is 389 g/mol. The third-order valence-electron chi connectivity index (χ3n) is 6.32. The van der Waals surface area contributed by atoms with Gasteiger partial charge in [0.05, 0.1) is 6.20 Å². The molecule has 2 aliphatic heterocycles. The van der Waals surface area contributed by atoms with Gasteiger partial charge in [0, 0.05) is 23.2 Å². The average Bonchev–Trinajstić information content (AvgIpc) is 3.28. The summed E-state index contributed by atoms with van der Waals surface area (Å²) < 4.78 is 40.4. The van der Waals surface area contributed by atoms with Crippen LogP contribution in [-0.2, 0) is 6.18 Å². The van der Waals surface area contributed by atoms with Crippen LogP contribution in [0.2, 0.25) is 0 Å². The molecule has 6 rings (SSSR count). The Morgan fingerprint density at radius 1 is 0.933 bits per heavy atom. The van der Waals surface area contributed by atoms with Crippen molar-refractivity contribution < 1.29 is 13.2 Å². The van der Waals surface area contributed by atoms with E-state index < -0.39 is 11.9 Å². The van der Waals surface area contributed by atoms with E-state index >= 15 is 0 Å². The van der Waals surface area contributed by atoms with E-state index in [-0.39, 0.29) is 23.8 Å². The third-order valence-corrected chi connectivity index (χ3v) is 6.32. The number of para-hydroxylation sites is 2. The van der Waals surface area contributed by atoms with Crippen molar-refractivity contribution >= 4 is 23.0 Å². The van der Waals surface area contributed by atoms with E-state index in [1.165, 1.54) is 0 Å². The highest BCUT2D eigenvalue weighted by molar-refractivity contribution is 5.88. The number of nitrogens with zero attached hydrogens (tertiary/aromatic N) is 4. The summed E-state index contributed by atoms with van der Waals surface area (Å²) in [6, 6.07) is 15.7. The van der Waals surface area contributed by atoms with Gasteiger partial charge in [0.25, 0.3) is 0 Å². The number of aryl methyl sites for hydroxylation is 1. The first kappa shape index (κ1) is 17.5. The third kappa shape index (κ3) is 2.17. The molecule has 0 N–H and O–H groups in total. The second-order valence-electron chi connectivity index (χ2n) is 7.98. The van der Waals surface area contributed by atoms with Crippen LogP contribution < -0.4 is 9.80 Å². The number of halogens is 3. The predicted octanol–water partition coefficient (Wildman–Crippen LogP) is 5.70. The highest BCUT2D eigenvalue weighted by atomic mass is 19.4. The van der Waals surface area contributed by atoms with E-state index in [0.29, 0.717) is 5.82 Å². The van der Waals surface area contributed by atoms with Crippen molar-refractivity contribution in [2.24, 2.45) is 5.92 Å². The average molecular weight is 406 g/mol. The van der Waals surface area contributed by atoms with Gasteiger partial charge in [-0.25, -0.2) is 9.97 Å². The summed E-state index contributed by atoms with van der Waals surface area (Å²) in [6.07, 6.45) is -3.98. The van der Waals surface area contributed by atoms with Crippen molar-refractivity contribution in [1.82, 2.24) is 9.97 Å². The molecule has 0 amide bonds. The first-order valence-corrected chi connectivity index (χ1v) is 9.74. The van der Waals surface area contributed by atoms with Crippen molar-refractivity contribution in [1.29, 1.82) is 0 Å². The van der Waals surface area contributed by atoms with Crippen molar-refractivity contribution in [3.63, 3.8) is 0 Å². The molecule has 0 bridgehead atoms. The summed E-state index contributed by atoms with van der Waals surface area (Å²) in [4.78, 5) is 12.3. The monoisotopic (exact) mass is 406 g/mol. The van der Waals surface area contributed by atoms with E-state index in [1.807, 2.05) is 59.2 Å². The lowest BCUT2D eigenvalue weighted by Crippen LogP contribution is -2.43. The SMILES string of the molecule is C=C1C2c3ccccc3N3c4ncc(C(F)(F)F)nc4N(c4ccccc4C)C3C12. The van der Waals surface area contributed by atoms with Crippen LogP contribution in [0.1, 0.15) is 22.7 Å². The Morgan fingerprint density at radius 3 is 2.33 bits per heavy atom. The molecule has 3 heterocycles. The standard InChI is InChI=1S/C23H17F3N4/c1-12-7-3-5-9-15(12)29-21-20(27-11-17(28-21)23(24,25)26)30-16-10-6-4-8-14(16)18-13(2)19(18)22(29)30/h3-11,18-19,22H,2H2,1H3. The van der Waals surface area contributed by atoms with Gasteiger partial charge in [-0.3, -0.25) is 0 Å². The molecule has 0 saturated heterocycles. The molecule has 150 valence electrons. The van der Waals surface area contributed by atoms with Gasteiger partial charge in [-0.05, 0) is 30.2 Å². The van der Waals surface area contributed by atoms with Crippen LogP contribution in [0.15, 0.2) is 66.9 Å². The largest absolute Gasteiger partial charge is 0.434 e. The predicted molar refractivity (Wildman–Crippen MR) is 108 cm³/mol. The minimum absolute atomic E-state index is 0.102. The lowest BCUT2D eigenvalue weighted by molar-refractivity contribution is -0.141. The first-order chi connectivity index (χ1) is 14.4. The van der Waals surface area contributed by atoms with Crippen LogP contribution in [0.4, 0.5) is 36.2 Å². The minimum Gasteiger partial charge on any atom is -0.301 e. The molecule has 3 aromatic rings. The van der Waals surface area contributed by atoms with Crippen LogP contribution in [0.5, 0.6) is 0 Å². The molecule has 3 aliphatic rings. The molecule has 1 aliphatic carbocycles. The topological polar surface area (TPSA) is 32.3 Å². The van der Waals surface area contributed by atoms with E-state index in [1.54, 1.807) is 0 Å². The zero-order chi connectivity index (χ0) is 20.8. The lowest BCUT2D eigenvalue weighted by Gasteiger charge is -2.36. The number of rotatable bonds is 1. The number of aromatic nitrogens is 2. The summed E-state index contributed by atoms with van der Waals surface area (Å²) in [6.45, 7) is 6.22. The second-order valence-corrected chi connectivity index (χ2v) is 7.98. The second kappa shape index (κ2) is 5.62. The molecule has 1 fully saturated rings. The van der Waals surface area contributed by atoms with Crippen LogP contribution in [0.3, 0.4) is 0 Å². The number of fused-ring (bicyclic) bond motifs is 8. The van der Waals surface area contributed by atoms with Gasteiger partial charge >= 0.3 is 6.18 Å². The van der Waals surface area contributed by atoms with Crippen molar-refractivity contribution in [2.45, 2.75) is 25.2 Å². The number of benzene rings is 2. The van der Waals surface area contributed by atoms with Gasteiger partial charge in [-0.1, -0.05) is 48.6 Å². The van der Waals surface area contributed by atoms with Gasteiger partial charge in [-0.2, -0.15) is 13.2 Å². The lowest BCUT2D eigenvalue weighted by atomic mass is 9.99. The summed E-state index contributed by atoms with van der Waals surface area (Å²) in [5.41, 5.74) is 4.00. The van der Waals surface area contributed by atoms with Gasteiger partial charge in [-0.15, -0.1) is 0 Å². The van der Waals surface area contributed by atoms with Crippen molar-refractivity contribution in [3.05, 3.63) is 83.7 Å². The van der Waals surface area contributed by atoms with Gasteiger partial charge in [0.2, 0.25) is 0 Å². The number of alkyl halides is 3. The molecule has 3 unspecified atom stereocenters. The van der Waals surface area contributed by atoms with Crippen LogP contribution in [0, 0.1) is 12.8 Å². The minimum atomic E-state index is -4.56. The number of hydrogen-bond donors (Lipinski definition) is 0. The Hall–Kier alpha value is -3.35. The summed E-state index contributed by atoms with van der Waals surface area (Å²) in [5, 5.41) is 0. The molecule has 3 atom stereocenters. The zero-order valence-corrected chi connectivity index (χ0v) is 16.1. The smallest absolute Gasteiger partial charge is 0.301 e. The fourth-order valence-corrected chi connectivity index (χ4v) is 4.94. The molecule has 2 aromatic carbocycles. The fraction of sp³-hybridized carbons (Fsp3) is 0.217. The molecule has 1 aromatic heterocycles. The first-order valence-electron chi connectivity index (χ1n) is 9.74. The molecule has 30 heavy (non-hydrogen) atoms. The normalized spacial score (nSPS) is 23.6. The summed E-state index contributed by atoms with van der Waals surface area (Å²) >= 11 is 0. The Kier molecular flexibility index (Phi) is 3.28. The maximum absolute atomic E-state index is 13.5. The van der Waals surface area contributed by atoms with Crippen molar-refractivity contribution in [3.8, 4) is 0 Å². The molecule has 7 heteroatoms. The maximum atomic E-state index is 13.5. The number of hydrogen-bond acceptors (Lipinski definition) is 4. The van der Waals surface area contributed by atoms with Gasteiger partial charge in [0.1, 0.15) is 6.17 Å². The Labute approximate surface area is 171 Å². The van der Waals surface area contributed by atoms with Crippen LogP contribution in [-0.4, -0.2) is 16.1 Å². The van der Waals surface area contributed by atoms with Crippen molar-refractivity contribution in [2.75, 3.05) is 9.80 Å². The molecule has 0 radical (unpaired) electrons. The summed E-state index contributed by atoms with van der Waals surface area (Å²) in [5.74, 6) is 0.983. The molecule has 1 saturated carbocycles. The van der Waals surface area contributed by atoms with E-state index in [4.69, 9.17) is 0 Å². The number of anilines is 4. The highest BCUT2D eigenvalue weighted by Crippen LogP contribution is 2.66. The quantitative estimate of drug-likeness (QED) is 0.485. The Balaban J connectivity index is 1.64. The van der Waals surface area contributed by atoms with Crippen LogP contribution in [0.25, 0.3) is 0 Å². The molecule has 4 nitrogen and oxygen atoms in total.